The molecular formula is C14H21BrN2. The number of rotatable bonds is 4. The summed E-state index contributed by atoms with van der Waals surface area (Å²) in [5.74, 6) is 0.914. The number of nitrogens with zero attached hydrogens (tertiary/aromatic N) is 1. The van der Waals surface area contributed by atoms with Gasteiger partial charge in [0.2, 0.25) is 0 Å². The van der Waals surface area contributed by atoms with Gasteiger partial charge in [0.25, 0.3) is 0 Å². The Morgan fingerprint density at radius 1 is 1.47 bits per heavy atom. The summed E-state index contributed by atoms with van der Waals surface area (Å²) in [4.78, 5) is 2.55. The largest absolute Gasteiger partial charge is 0.398 e. The molecule has 2 nitrogen and oxygen atoms in total. The van der Waals surface area contributed by atoms with Gasteiger partial charge in [-0.25, -0.2) is 0 Å². The molecule has 1 atom stereocenters. The minimum atomic E-state index is 0.819. The van der Waals surface area contributed by atoms with Crippen LogP contribution >= 0.6 is 15.9 Å². The SMILES string of the molecule is CCCC1CCN(Cc2ccc(N)c(Br)c2)C1. The first kappa shape index (κ1) is 12.9. The normalized spacial score (nSPS) is 20.9. The molecule has 1 aromatic carbocycles. The zero-order chi connectivity index (χ0) is 12.3. The molecular weight excluding hydrogens is 276 g/mol. The van der Waals surface area contributed by atoms with E-state index in [9.17, 15) is 0 Å². The lowest BCUT2D eigenvalue weighted by molar-refractivity contribution is 0.313. The second-order valence-electron chi connectivity index (χ2n) is 5.03. The van der Waals surface area contributed by atoms with Crippen molar-refractivity contribution in [2.75, 3.05) is 18.8 Å². The zero-order valence-corrected chi connectivity index (χ0v) is 12.0. The van der Waals surface area contributed by atoms with Crippen molar-refractivity contribution in [1.82, 2.24) is 4.90 Å². The summed E-state index contributed by atoms with van der Waals surface area (Å²) in [6, 6.07) is 6.26. The number of nitrogens with two attached hydrogens (primary N) is 1. The summed E-state index contributed by atoms with van der Waals surface area (Å²) in [5.41, 5.74) is 7.97. The summed E-state index contributed by atoms with van der Waals surface area (Å²) in [6.45, 7) is 5.83. The standard InChI is InChI=1S/C14H21BrN2/c1-2-3-11-6-7-17(9-11)10-12-4-5-14(16)13(15)8-12/h4-5,8,11H,2-3,6-7,9-10,16H2,1H3. The van der Waals surface area contributed by atoms with Crippen molar-refractivity contribution in [2.24, 2.45) is 5.92 Å². The molecule has 0 bridgehead atoms. The molecule has 17 heavy (non-hydrogen) atoms. The Hall–Kier alpha value is -0.540. The molecule has 2 N–H and O–H groups in total. The number of hydrogen-bond donors (Lipinski definition) is 1. The first-order valence-electron chi connectivity index (χ1n) is 6.45. The summed E-state index contributed by atoms with van der Waals surface area (Å²) in [5, 5.41) is 0. The van der Waals surface area contributed by atoms with Crippen LogP contribution in [0, 0.1) is 5.92 Å². The Bertz CT molecular complexity index is 378. The average Bonchev–Trinajstić information content (AvgIpc) is 2.72. The van der Waals surface area contributed by atoms with E-state index in [1.165, 1.54) is 37.9 Å². The molecule has 0 aromatic heterocycles. The van der Waals surface area contributed by atoms with Crippen molar-refractivity contribution < 1.29 is 0 Å². The summed E-state index contributed by atoms with van der Waals surface area (Å²) in [7, 11) is 0. The highest BCUT2D eigenvalue weighted by Crippen LogP contribution is 2.25. The first-order chi connectivity index (χ1) is 8.19. The zero-order valence-electron chi connectivity index (χ0n) is 10.5. The molecule has 1 aliphatic heterocycles. The van der Waals surface area contributed by atoms with E-state index in [0.717, 1.165) is 22.6 Å². The fourth-order valence-corrected chi connectivity index (χ4v) is 3.05. The summed E-state index contributed by atoms with van der Waals surface area (Å²) >= 11 is 3.49. The molecule has 0 amide bonds. The van der Waals surface area contributed by atoms with Crippen LogP contribution in [-0.4, -0.2) is 18.0 Å². The second-order valence-corrected chi connectivity index (χ2v) is 5.89. The number of benzene rings is 1. The fourth-order valence-electron chi connectivity index (χ4n) is 2.63. The third-order valence-electron chi connectivity index (χ3n) is 3.54. The van der Waals surface area contributed by atoms with Crippen molar-refractivity contribution >= 4 is 21.6 Å². The van der Waals surface area contributed by atoms with Gasteiger partial charge >= 0.3 is 0 Å². The average molecular weight is 297 g/mol. The Morgan fingerprint density at radius 3 is 3.00 bits per heavy atom. The predicted molar refractivity (Wildman–Crippen MR) is 76.8 cm³/mol. The highest BCUT2D eigenvalue weighted by atomic mass is 79.9. The number of halogens is 1. The molecule has 0 aliphatic carbocycles. The maximum absolute atomic E-state index is 5.80. The first-order valence-corrected chi connectivity index (χ1v) is 7.24. The molecule has 1 aliphatic rings. The van der Waals surface area contributed by atoms with Crippen LogP contribution in [0.2, 0.25) is 0 Å². The van der Waals surface area contributed by atoms with Crippen LogP contribution in [0.1, 0.15) is 31.7 Å². The van der Waals surface area contributed by atoms with E-state index in [1.54, 1.807) is 0 Å². The lowest BCUT2D eigenvalue weighted by Gasteiger charge is -2.16. The van der Waals surface area contributed by atoms with E-state index in [2.05, 4.69) is 39.9 Å². The van der Waals surface area contributed by atoms with Crippen LogP contribution in [0.15, 0.2) is 22.7 Å². The maximum Gasteiger partial charge on any atom is 0.0458 e. The van der Waals surface area contributed by atoms with Gasteiger partial charge in [-0.05, 0) is 58.9 Å². The Kier molecular flexibility index (Phi) is 4.46. The van der Waals surface area contributed by atoms with E-state index in [4.69, 9.17) is 5.73 Å². The molecule has 2 rings (SSSR count). The van der Waals surface area contributed by atoms with Gasteiger partial charge in [0.1, 0.15) is 0 Å². The van der Waals surface area contributed by atoms with Gasteiger partial charge in [-0.2, -0.15) is 0 Å². The fraction of sp³-hybridized carbons (Fsp3) is 0.571. The van der Waals surface area contributed by atoms with Gasteiger partial charge in [-0.15, -0.1) is 0 Å². The van der Waals surface area contributed by atoms with Crippen LogP contribution in [0.4, 0.5) is 5.69 Å². The number of nitrogen functional groups attached to an aromatic ring is 1. The Labute approximate surface area is 112 Å². The van der Waals surface area contributed by atoms with Gasteiger partial charge < -0.3 is 5.73 Å². The van der Waals surface area contributed by atoms with Crippen molar-refractivity contribution in [3.63, 3.8) is 0 Å². The van der Waals surface area contributed by atoms with E-state index >= 15 is 0 Å². The van der Waals surface area contributed by atoms with E-state index in [1.807, 2.05) is 6.07 Å². The van der Waals surface area contributed by atoms with Crippen molar-refractivity contribution in [2.45, 2.75) is 32.7 Å². The smallest absolute Gasteiger partial charge is 0.0458 e. The molecule has 0 saturated carbocycles. The maximum atomic E-state index is 5.80. The third-order valence-corrected chi connectivity index (χ3v) is 4.22. The van der Waals surface area contributed by atoms with Gasteiger partial charge in [-0.3, -0.25) is 4.90 Å². The molecule has 1 fully saturated rings. The molecule has 3 heteroatoms. The quantitative estimate of drug-likeness (QED) is 0.860. The van der Waals surface area contributed by atoms with E-state index < -0.39 is 0 Å². The minimum absolute atomic E-state index is 0.819. The highest BCUT2D eigenvalue weighted by molar-refractivity contribution is 9.10. The molecule has 0 radical (unpaired) electrons. The van der Waals surface area contributed by atoms with Crippen molar-refractivity contribution in [1.29, 1.82) is 0 Å². The lowest BCUT2D eigenvalue weighted by Crippen LogP contribution is -2.20. The van der Waals surface area contributed by atoms with Crippen molar-refractivity contribution in [3.8, 4) is 0 Å². The molecule has 0 spiro atoms. The van der Waals surface area contributed by atoms with Crippen LogP contribution < -0.4 is 5.73 Å². The van der Waals surface area contributed by atoms with Crippen LogP contribution in [-0.2, 0) is 6.54 Å². The van der Waals surface area contributed by atoms with E-state index in [-0.39, 0.29) is 0 Å². The topological polar surface area (TPSA) is 29.3 Å². The van der Waals surface area contributed by atoms with E-state index in [0.29, 0.717) is 0 Å². The minimum Gasteiger partial charge on any atom is -0.398 e. The second kappa shape index (κ2) is 5.87. The molecule has 1 aromatic rings. The van der Waals surface area contributed by atoms with Gasteiger partial charge in [0.15, 0.2) is 0 Å². The summed E-state index contributed by atoms with van der Waals surface area (Å²) < 4.78 is 1.01. The van der Waals surface area contributed by atoms with Crippen molar-refractivity contribution in [3.05, 3.63) is 28.2 Å². The summed E-state index contributed by atoms with van der Waals surface area (Å²) in [6.07, 6.45) is 4.05. The van der Waals surface area contributed by atoms with Crippen LogP contribution in [0.25, 0.3) is 0 Å². The lowest BCUT2D eigenvalue weighted by atomic mass is 10.0. The van der Waals surface area contributed by atoms with Gasteiger partial charge in [-0.1, -0.05) is 19.4 Å². The number of hydrogen-bond acceptors (Lipinski definition) is 2. The predicted octanol–water partition coefficient (Wildman–Crippen LogP) is 3.65. The molecule has 1 heterocycles. The van der Waals surface area contributed by atoms with Gasteiger partial charge in [0, 0.05) is 23.2 Å². The van der Waals surface area contributed by atoms with Crippen LogP contribution in [0.3, 0.4) is 0 Å². The molecule has 1 saturated heterocycles. The number of likely N-dealkylation sites (tertiary alicyclic amines) is 1. The Balaban J connectivity index is 1.91. The van der Waals surface area contributed by atoms with Crippen LogP contribution in [0.5, 0.6) is 0 Å². The molecule has 1 unspecified atom stereocenters. The van der Waals surface area contributed by atoms with Gasteiger partial charge in [0.05, 0.1) is 0 Å². The molecule has 94 valence electrons. The Morgan fingerprint density at radius 2 is 2.29 bits per heavy atom. The highest BCUT2D eigenvalue weighted by Gasteiger charge is 2.21. The third kappa shape index (κ3) is 3.46. The monoisotopic (exact) mass is 296 g/mol. The number of anilines is 1.